The predicted octanol–water partition coefficient (Wildman–Crippen LogP) is 3.31. The number of hydrogen-bond acceptors (Lipinski definition) is 2. The standard InChI is InChI=1S/C12H10ClNO/c13-12-6-2-1-4-10(12)9-15-11-5-3-7-14-8-11/h1-8H,9H2. The van der Waals surface area contributed by atoms with Crippen LogP contribution in [-0.4, -0.2) is 4.98 Å². The minimum atomic E-state index is 0.464. The highest BCUT2D eigenvalue weighted by atomic mass is 35.5. The van der Waals surface area contributed by atoms with Gasteiger partial charge in [0.25, 0.3) is 0 Å². The van der Waals surface area contributed by atoms with E-state index in [0.717, 1.165) is 16.3 Å². The van der Waals surface area contributed by atoms with Gasteiger partial charge in [0, 0.05) is 16.8 Å². The van der Waals surface area contributed by atoms with Crippen molar-refractivity contribution >= 4 is 11.6 Å². The Morgan fingerprint density at radius 2 is 2.00 bits per heavy atom. The maximum absolute atomic E-state index is 5.99. The highest BCUT2D eigenvalue weighted by Gasteiger charge is 1.99. The molecule has 2 nitrogen and oxygen atoms in total. The van der Waals surface area contributed by atoms with Gasteiger partial charge in [0.1, 0.15) is 12.4 Å². The Kier molecular flexibility index (Phi) is 3.20. The molecule has 3 heteroatoms. The summed E-state index contributed by atoms with van der Waals surface area (Å²) >= 11 is 5.99. The van der Waals surface area contributed by atoms with Crippen LogP contribution in [0.5, 0.6) is 5.75 Å². The first-order valence-corrected chi connectivity index (χ1v) is 5.00. The third-order valence-corrected chi connectivity index (χ3v) is 2.36. The predicted molar refractivity (Wildman–Crippen MR) is 60.0 cm³/mol. The lowest BCUT2D eigenvalue weighted by atomic mass is 10.2. The van der Waals surface area contributed by atoms with Crippen molar-refractivity contribution < 1.29 is 4.74 Å². The molecule has 0 fully saturated rings. The number of pyridine rings is 1. The summed E-state index contributed by atoms with van der Waals surface area (Å²) in [4.78, 5) is 3.96. The highest BCUT2D eigenvalue weighted by molar-refractivity contribution is 6.31. The van der Waals surface area contributed by atoms with Gasteiger partial charge in [-0.2, -0.15) is 0 Å². The van der Waals surface area contributed by atoms with Gasteiger partial charge in [0.2, 0.25) is 0 Å². The van der Waals surface area contributed by atoms with E-state index in [9.17, 15) is 0 Å². The van der Waals surface area contributed by atoms with E-state index >= 15 is 0 Å². The fraction of sp³-hybridized carbons (Fsp3) is 0.0833. The van der Waals surface area contributed by atoms with Gasteiger partial charge in [-0.15, -0.1) is 0 Å². The molecular weight excluding hydrogens is 210 g/mol. The van der Waals surface area contributed by atoms with Crippen molar-refractivity contribution in [3.63, 3.8) is 0 Å². The molecule has 0 aliphatic rings. The molecule has 0 bridgehead atoms. The normalized spacial score (nSPS) is 9.93. The number of benzene rings is 1. The van der Waals surface area contributed by atoms with Gasteiger partial charge in [0.15, 0.2) is 0 Å². The van der Waals surface area contributed by atoms with Crippen LogP contribution in [0.3, 0.4) is 0 Å². The Morgan fingerprint density at radius 3 is 2.73 bits per heavy atom. The van der Waals surface area contributed by atoms with E-state index in [4.69, 9.17) is 16.3 Å². The second kappa shape index (κ2) is 4.80. The molecule has 1 aromatic heterocycles. The largest absolute Gasteiger partial charge is 0.487 e. The quantitative estimate of drug-likeness (QED) is 0.790. The van der Waals surface area contributed by atoms with E-state index in [2.05, 4.69) is 4.98 Å². The van der Waals surface area contributed by atoms with Crippen LogP contribution in [0.15, 0.2) is 48.8 Å². The highest BCUT2D eigenvalue weighted by Crippen LogP contribution is 2.17. The smallest absolute Gasteiger partial charge is 0.138 e. The number of nitrogens with zero attached hydrogens (tertiary/aromatic N) is 1. The zero-order valence-electron chi connectivity index (χ0n) is 8.06. The van der Waals surface area contributed by atoms with Crippen molar-refractivity contribution in [2.24, 2.45) is 0 Å². The average molecular weight is 220 g/mol. The summed E-state index contributed by atoms with van der Waals surface area (Å²) in [7, 11) is 0. The lowest BCUT2D eigenvalue weighted by Gasteiger charge is -2.06. The molecule has 0 amide bonds. The van der Waals surface area contributed by atoms with E-state index in [-0.39, 0.29) is 0 Å². The number of hydrogen-bond donors (Lipinski definition) is 0. The summed E-state index contributed by atoms with van der Waals surface area (Å²) in [6.07, 6.45) is 3.39. The molecule has 0 unspecified atom stereocenters. The molecular formula is C12H10ClNO. The fourth-order valence-corrected chi connectivity index (χ4v) is 1.40. The summed E-state index contributed by atoms with van der Waals surface area (Å²) in [6, 6.07) is 11.3. The lowest BCUT2D eigenvalue weighted by molar-refractivity contribution is 0.305. The molecule has 0 radical (unpaired) electrons. The van der Waals surface area contributed by atoms with Crippen molar-refractivity contribution in [2.75, 3.05) is 0 Å². The van der Waals surface area contributed by atoms with Crippen LogP contribution in [0.1, 0.15) is 5.56 Å². The average Bonchev–Trinajstić information content (AvgIpc) is 2.29. The number of ether oxygens (including phenoxy) is 1. The second-order valence-corrected chi connectivity index (χ2v) is 3.48. The maximum Gasteiger partial charge on any atom is 0.138 e. The number of rotatable bonds is 3. The molecule has 2 rings (SSSR count). The summed E-state index contributed by atoms with van der Waals surface area (Å²) in [5.41, 5.74) is 0.975. The summed E-state index contributed by atoms with van der Waals surface area (Å²) in [6.45, 7) is 0.464. The van der Waals surface area contributed by atoms with E-state index in [1.54, 1.807) is 12.4 Å². The molecule has 0 N–H and O–H groups in total. The first-order valence-electron chi connectivity index (χ1n) is 4.62. The van der Waals surface area contributed by atoms with E-state index in [1.807, 2.05) is 36.4 Å². The van der Waals surface area contributed by atoms with Crippen LogP contribution < -0.4 is 4.74 Å². The molecule has 0 saturated carbocycles. The van der Waals surface area contributed by atoms with Gasteiger partial charge >= 0.3 is 0 Å². The first kappa shape index (κ1) is 9.99. The molecule has 0 aliphatic heterocycles. The summed E-state index contributed by atoms with van der Waals surface area (Å²) in [5, 5.41) is 0.724. The van der Waals surface area contributed by atoms with Crippen molar-refractivity contribution in [3.8, 4) is 5.75 Å². The Hall–Kier alpha value is -1.54. The minimum Gasteiger partial charge on any atom is -0.487 e. The van der Waals surface area contributed by atoms with Crippen molar-refractivity contribution in [1.29, 1.82) is 0 Å². The Bertz CT molecular complexity index is 431. The van der Waals surface area contributed by atoms with Crippen LogP contribution in [0.25, 0.3) is 0 Å². The Morgan fingerprint density at radius 1 is 1.13 bits per heavy atom. The second-order valence-electron chi connectivity index (χ2n) is 3.07. The Labute approximate surface area is 93.5 Å². The van der Waals surface area contributed by atoms with Gasteiger partial charge in [-0.1, -0.05) is 29.8 Å². The van der Waals surface area contributed by atoms with Crippen molar-refractivity contribution in [1.82, 2.24) is 4.98 Å². The number of halogens is 1. The fourth-order valence-electron chi connectivity index (χ4n) is 1.21. The van der Waals surface area contributed by atoms with E-state index < -0.39 is 0 Å². The van der Waals surface area contributed by atoms with Gasteiger partial charge in [-0.25, -0.2) is 0 Å². The lowest BCUT2D eigenvalue weighted by Crippen LogP contribution is -1.96. The Balaban J connectivity index is 2.03. The van der Waals surface area contributed by atoms with Crippen molar-refractivity contribution in [3.05, 3.63) is 59.4 Å². The summed E-state index contributed by atoms with van der Waals surface area (Å²) in [5.74, 6) is 0.748. The van der Waals surface area contributed by atoms with Gasteiger partial charge in [-0.3, -0.25) is 4.98 Å². The van der Waals surface area contributed by atoms with Gasteiger partial charge in [0.05, 0.1) is 6.20 Å². The van der Waals surface area contributed by atoms with Crippen molar-refractivity contribution in [2.45, 2.75) is 6.61 Å². The molecule has 76 valence electrons. The van der Waals surface area contributed by atoms with E-state index in [0.29, 0.717) is 6.61 Å². The summed E-state index contributed by atoms with van der Waals surface area (Å²) < 4.78 is 5.53. The van der Waals surface area contributed by atoms with Crippen LogP contribution in [0, 0.1) is 0 Å². The van der Waals surface area contributed by atoms with Crippen LogP contribution in [-0.2, 0) is 6.61 Å². The van der Waals surface area contributed by atoms with Gasteiger partial charge in [-0.05, 0) is 18.2 Å². The third-order valence-electron chi connectivity index (χ3n) is 1.99. The first-order chi connectivity index (χ1) is 7.36. The van der Waals surface area contributed by atoms with E-state index in [1.165, 1.54) is 0 Å². The topological polar surface area (TPSA) is 22.1 Å². The molecule has 0 saturated heterocycles. The molecule has 0 atom stereocenters. The molecule has 0 spiro atoms. The molecule has 1 aromatic carbocycles. The van der Waals surface area contributed by atoms with Gasteiger partial charge < -0.3 is 4.74 Å². The zero-order valence-corrected chi connectivity index (χ0v) is 8.82. The van der Waals surface area contributed by atoms with Crippen LogP contribution in [0.2, 0.25) is 5.02 Å². The molecule has 1 heterocycles. The van der Waals surface area contributed by atoms with Crippen LogP contribution >= 0.6 is 11.6 Å². The SMILES string of the molecule is Clc1ccccc1COc1cccnc1. The third kappa shape index (κ3) is 2.70. The number of aromatic nitrogens is 1. The minimum absolute atomic E-state index is 0.464. The monoisotopic (exact) mass is 219 g/mol. The molecule has 2 aromatic rings. The molecule has 0 aliphatic carbocycles. The molecule has 15 heavy (non-hydrogen) atoms. The zero-order chi connectivity index (χ0) is 10.5. The maximum atomic E-state index is 5.99. The van der Waals surface area contributed by atoms with Crippen LogP contribution in [0.4, 0.5) is 0 Å².